The molecule has 1 atom stereocenters. The largest absolute Gasteiger partial charge is 0.464 e. The van der Waals surface area contributed by atoms with Crippen molar-refractivity contribution in [3.05, 3.63) is 50.9 Å². The molecule has 1 fully saturated rings. The van der Waals surface area contributed by atoms with Crippen molar-refractivity contribution in [1.29, 1.82) is 0 Å². The maximum atomic E-state index is 13.8. The number of hydrogen-bond acceptors (Lipinski definition) is 8. The highest BCUT2D eigenvalue weighted by molar-refractivity contribution is 6.31. The number of halogens is 1. The number of H-pyrrole nitrogens is 1. The number of aromatic amines is 1. The number of rotatable bonds is 5. The molecule has 1 amide bonds. The SMILES string of the molecule is COC(=O)c1[nH]nc2c3nc(N4CCC[C@@H](NC(=O)OC(C)(C)C)C4)n(Cc4ccccc4Cl)c3c(=O)n(C)c12. The van der Waals surface area contributed by atoms with Gasteiger partial charge in [-0.2, -0.15) is 5.10 Å². The van der Waals surface area contributed by atoms with Gasteiger partial charge < -0.3 is 28.8 Å². The molecule has 1 aromatic carbocycles. The van der Waals surface area contributed by atoms with E-state index in [2.05, 4.69) is 15.5 Å². The molecule has 5 rings (SSSR count). The summed E-state index contributed by atoms with van der Waals surface area (Å²) in [6.45, 7) is 6.86. The van der Waals surface area contributed by atoms with Crippen molar-refractivity contribution >= 4 is 51.7 Å². The van der Waals surface area contributed by atoms with Crippen LogP contribution in [0.15, 0.2) is 29.1 Å². The number of anilines is 1. The number of pyridine rings is 1. The third-order valence-corrected chi connectivity index (χ3v) is 7.22. The number of methoxy groups -OCH3 is 1. The van der Waals surface area contributed by atoms with Gasteiger partial charge in [-0.3, -0.25) is 9.89 Å². The van der Waals surface area contributed by atoms with Crippen LogP contribution in [0, 0.1) is 0 Å². The van der Waals surface area contributed by atoms with Gasteiger partial charge in [0.05, 0.1) is 13.7 Å². The number of imidazole rings is 1. The molecule has 3 aromatic heterocycles. The molecule has 1 aliphatic heterocycles. The second-order valence-electron chi connectivity index (χ2n) is 10.9. The number of benzene rings is 1. The van der Waals surface area contributed by atoms with Crippen LogP contribution >= 0.6 is 11.6 Å². The summed E-state index contributed by atoms with van der Waals surface area (Å²) >= 11 is 6.52. The number of ether oxygens (including phenoxy) is 2. The number of aryl methyl sites for hydroxylation is 1. The Kier molecular flexibility index (Phi) is 7.21. The molecule has 4 heterocycles. The van der Waals surface area contributed by atoms with Crippen molar-refractivity contribution in [2.24, 2.45) is 7.05 Å². The van der Waals surface area contributed by atoms with Crippen molar-refractivity contribution in [1.82, 2.24) is 29.6 Å². The molecule has 1 aliphatic rings. The lowest BCUT2D eigenvalue weighted by atomic mass is 10.1. The van der Waals surface area contributed by atoms with Gasteiger partial charge in [-0.15, -0.1) is 0 Å². The van der Waals surface area contributed by atoms with E-state index in [0.29, 0.717) is 46.1 Å². The number of aromatic nitrogens is 5. The number of nitrogens with zero attached hydrogens (tertiary/aromatic N) is 5. The van der Waals surface area contributed by atoms with E-state index in [1.54, 1.807) is 13.1 Å². The number of carbonyl (C=O) groups is 2. The number of hydrogen-bond donors (Lipinski definition) is 2. The van der Waals surface area contributed by atoms with Crippen LogP contribution in [0.5, 0.6) is 0 Å². The van der Waals surface area contributed by atoms with E-state index in [4.69, 9.17) is 26.1 Å². The molecule has 0 spiro atoms. The first-order valence-corrected chi connectivity index (χ1v) is 13.4. The zero-order valence-electron chi connectivity index (χ0n) is 23.1. The normalized spacial score (nSPS) is 15.9. The van der Waals surface area contributed by atoms with Crippen LogP contribution < -0.4 is 15.8 Å². The zero-order valence-corrected chi connectivity index (χ0v) is 23.8. The van der Waals surface area contributed by atoms with Crippen LogP contribution in [-0.4, -0.2) is 68.2 Å². The molecule has 4 aromatic rings. The lowest BCUT2D eigenvalue weighted by Gasteiger charge is -2.34. The molecule has 0 saturated carbocycles. The van der Waals surface area contributed by atoms with Gasteiger partial charge in [0.25, 0.3) is 5.56 Å². The maximum absolute atomic E-state index is 13.8. The second kappa shape index (κ2) is 10.5. The third kappa shape index (κ3) is 5.10. The molecule has 12 nitrogen and oxygen atoms in total. The number of esters is 1. The van der Waals surface area contributed by atoms with E-state index in [-0.39, 0.29) is 23.8 Å². The molecule has 2 N–H and O–H groups in total. The van der Waals surface area contributed by atoms with Crippen molar-refractivity contribution < 1.29 is 19.1 Å². The van der Waals surface area contributed by atoms with Crippen LogP contribution in [0.1, 0.15) is 49.7 Å². The van der Waals surface area contributed by atoms with Gasteiger partial charge in [0, 0.05) is 31.2 Å². The molecule has 1 saturated heterocycles. The fourth-order valence-electron chi connectivity index (χ4n) is 5.09. The smallest absolute Gasteiger partial charge is 0.407 e. The minimum absolute atomic E-state index is 0.0702. The second-order valence-corrected chi connectivity index (χ2v) is 11.3. The maximum Gasteiger partial charge on any atom is 0.407 e. The van der Waals surface area contributed by atoms with E-state index >= 15 is 0 Å². The van der Waals surface area contributed by atoms with E-state index in [0.717, 1.165) is 18.4 Å². The molecular weight excluding hydrogens is 538 g/mol. The summed E-state index contributed by atoms with van der Waals surface area (Å²) < 4.78 is 13.6. The van der Waals surface area contributed by atoms with Gasteiger partial charge in [0.1, 0.15) is 27.7 Å². The van der Waals surface area contributed by atoms with E-state index < -0.39 is 17.7 Å². The van der Waals surface area contributed by atoms with E-state index in [1.165, 1.54) is 11.7 Å². The number of nitrogens with one attached hydrogen (secondary N) is 2. The molecule has 0 aliphatic carbocycles. The quantitative estimate of drug-likeness (QED) is 0.348. The van der Waals surface area contributed by atoms with Crippen LogP contribution in [0.25, 0.3) is 22.1 Å². The number of fused-ring (bicyclic) bond motifs is 3. The summed E-state index contributed by atoms with van der Waals surface area (Å²) in [6.07, 6.45) is 1.08. The molecule has 0 radical (unpaired) electrons. The van der Waals surface area contributed by atoms with Crippen molar-refractivity contribution in [2.75, 3.05) is 25.1 Å². The average molecular weight is 570 g/mol. The minimum Gasteiger partial charge on any atom is -0.464 e. The highest BCUT2D eigenvalue weighted by Crippen LogP contribution is 2.30. The summed E-state index contributed by atoms with van der Waals surface area (Å²) in [6, 6.07) is 7.24. The highest BCUT2D eigenvalue weighted by atomic mass is 35.5. The van der Waals surface area contributed by atoms with Gasteiger partial charge in [-0.05, 0) is 45.2 Å². The summed E-state index contributed by atoms with van der Waals surface area (Å²) in [5.74, 6) is -0.0995. The molecule has 0 unspecified atom stereocenters. The predicted octanol–water partition coefficient (Wildman–Crippen LogP) is 3.59. The number of alkyl carbamates (subject to hydrolysis) is 1. The Morgan fingerprint density at radius 2 is 1.95 bits per heavy atom. The van der Waals surface area contributed by atoms with Crippen LogP contribution in [-0.2, 0) is 23.1 Å². The van der Waals surface area contributed by atoms with Crippen LogP contribution in [0.4, 0.5) is 10.7 Å². The molecular formula is C27H32ClN7O5. The van der Waals surface area contributed by atoms with Gasteiger partial charge >= 0.3 is 12.1 Å². The summed E-state index contributed by atoms with van der Waals surface area (Å²) in [5, 5.41) is 10.6. The fourth-order valence-corrected chi connectivity index (χ4v) is 5.29. The summed E-state index contributed by atoms with van der Waals surface area (Å²) in [4.78, 5) is 45.7. The lowest BCUT2D eigenvalue weighted by molar-refractivity contribution is 0.0498. The Labute approximate surface area is 235 Å². The topological polar surface area (TPSA) is 136 Å². The molecule has 212 valence electrons. The van der Waals surface area contributed by atoms with Gasteiger partial charge in [0.2, 0.25) is 5.95 Å². The average Bonchev–Trinajstić information content (AvgIpc) is 3.50. The Bertz CT molecular complexity index is 1670. The molecule has 0 bridgehead atoms. The third-order valence-electron chi connectivity index (χ3n) is 6.86. The first-order chi connectivity index (χ1) is 19.0. The Morgan fingerprint density at radius 1 is 1.20 bits per heavy atom. The van der Waals surface area contributed by atoms with E-state index in [1.807, 2.05) is 48.4 Å². The first-order valence-electron chi connectivity index (χ1n) is 13.0. The Hall–Kier alpha value is -4.06. The Morgan fingerprint density at radius 3 is 2.65 bits per heavy atom. The summed E-state index contributed by atoms with van der Waals surface area (Å²) in [5.41, 5.74) is 1.28. The predicted molar refractivity (Wildman–Crippen MR) is 151 cm³/mol. The minimum atomic E-state index is -0.639. The van der Waals surface area contributed by atoms with Gasteiger partial charge in [0.15, 0.2) is 5.69 Å². The summed E-state index contributed by atoms with van der Waals surface area (Å²) in [7, 11) is 2.85. The zero-order chi connectivity index (χ0) is 28.8. The van der Waals surface area contributed by atoms with Crippen molar-refractivity contribution in [3.8, 4) is 0 Å². The lowest BCUT2D eigenvalue weighted by Crippen LogP contribution is -2.49. The van der Waals surface area contributed by atoms with Crippen molar-refractivity contribution in [2.45, 2.75) is 51.8 Å². The highest BCUT2D eigenvalue weighted by Gasteiger charge is 2.30. The van der Waals surface area contributed by atoms with Crippen LogP contribution in [0.3, 0.4) is 0 Å². The first kappa shape index (κ1) is 27.5. The fraction of sp³-hybridized carbons (Fsp3) is 0.444. The Balaban J connectivity index is 1.64. The van der Waals surface area contributed by atoms with Gasteiger partial charge in [-0.25, -0.2) is 14.6 Å². The standard InChI is InChI=1S/C27H32ClN7O5/c1-27(2,3)40-26(38)29-16-10-8-12-34(14-16)25-30-18-19-21(20(32-31-19)24(37)39-5)33(4)23(36)22(18)35(25)13-15-9-6-7-11-17(15)28/h6-7,9,11,16H,8,10,12-14H2,1-5H3,(H,29,38)(H,31,32)/t16-/m1/s1. The van der Waals surface area contributed by atoms with E-state index in [9.17, 15) is 14.4 Å². The van der Waals surface area contributed by atoms with Gasteiger partial charge in [-0.1, -0.05) is 29.8 Å². The van der Waals surface area contributed by atoms with Crippen LogP contribution in [0.2, 0.25) is 5.02 Å². The molecule has 40 heavy (non-hydrogen) atoms. The molecule has 13 heteroatoms. The van der Waals surface area contributed by atoms with Crippen molar-refractivity contribution in [3.63, 3.8) is 0 Å². The monoisotopic (exact) mass is 569 g/mol. The number of carbonyl (C=O) groups excluding carboxylic acids is 2. The number of amides is 1. The number of piperidine rings is 1.